The van der Waals surface area contributed by atoms with Gasteiger partial charge in [0.05, 0.1) is 16.3 Å². The molecule has 1 unspecified atom stereocenters. The van der Waals surface area contributed by atoms with E-state index in [1.54, 1.807) is 0 Å². The molecule has 0 saturated heterocycles. The summed E-state index contributed by atoms with van der Waals surface area (Å²) in [6, 6.07) is 3.85. The summed E-state index contributed by atoms with van der Waals surface area (Å²) in [6.45, 7) is 3.89. The van der Waals surface area contributed by atoms with Crippen molar-refractivity contribution in [3.63, 3.8) is 0 Å². The van der Waals surface area contributed by atoms with Crippen LogP contribution in [-0.2, 0) is 6.42 Å². The normalized spacial score (nSPS) is 12.7. The lowest BCUT2D eigenvalue weighted by Crippen LogP contribution is -2.06. The molecular formula is C12H13BrN2OS. The first-order valence-corrected chi connectivity index (χ1v) is 7.04. The molecule has 0 aliphatic carbocycles. The molecule has 0 spiro atoms. The second-order valence-electron chi connectivity index (χ2n) is 3.78. The van der Waals surface area contributed by atoms with Gasteiger partial charge >= 0.3 is 0 Å². The number of aliphatic hydroxyl groups is 1. The van der Waals surface area contributed by atoms with E-state index >= 15 is 0 Å². The van der Waals surface area contributed by atoms with E-state index in [1.807, 2.05) is 31.4 Å². The molecule has 0 aliphatic rings. The summed E-state index contributed by atoms with van der Waals surface area (Å²) in [5, 5.41) is 20.5. The van der Waals surface area contributed by atoms with Crippen LogP contribution in [0.1, 0.15) is 34.9 Å². The third kappa shape index (κ3) is 2.56. The van der Waals surface area contributed by atoms with Gasteiger partial charge in [-0.25, -0.2) is 0 Å². The Morgan fingerprint density at radius 3 is 2.82 bits per heavy atom. The van der Waals surface area contributed by atoms with Gasteiger partial charge in [0, 0.05) is 10.0 Å². The molecule has 0 aromatic carbocycles. The van der Waals surface area contributed by atoms with E-state index in [4.69, 9.17) is 0 Å². The number of aromatic nitrogens is 2. The Hall–Kier alpha value is -0.780. The lowest BCUT2D eigenvalue weighted by atomic mass is 10.0. The maximum absolute atomic E-state index is 10.4. The summed E-state index contributed by atoms with van der Waals surface area (Å²) < 4.78 is 0.937. The maximum atomic E-state index is 10.4. The quantitative estimate of drug-likeness (QED) is 0.946. The number of nitrogens with zero attached hydrogens (tertiary/aromatic N) is 2. The van der Waals surface area contributed by atoms with Crippen LogP contribution in [-0.4, -0.2) is 15.3 Å². The smallest absolute Gasteiger partial charge is 0.116 e. The second-order valence-corrected chi connectivity index (χ2v) is 5.58. The predicted octanol–water partition coefficient (Wildman–Crippen LogP) is 3.25. The van der Waals surface area contributed by atoms with Gasteiger partial charge < -0.3 is 5.11 Å². The largest absolute Gasteiger partial charge is 0.383 e. The van der Waals surface area contributed by atoms with Crippen LogP contribution >= 0.6 is 27.3 Å². The van der Waals surface area contributed by atoms with Gasteiger partial charge in [-0.05, 0) is 46.8 Å². The SMILES string of the molecule is CCc1nnc(C)cc1C(O)c1sccc1Br. The Labute approximate surface area is 113 Å². The molecule has 2 heterocycles. The first kappa shape index (κ1) is 12.7. The van der Waals surface area contributed by atoms with Crippen LogP contribution in [0.5, 0.6) is 0 Å². The molecule has 0 radical (unpaired) electrons. The zero-order chi connectivity index (χ0) is 12.4. The van der Waals surface area contributed by atoms with E-state index < -0.39 is 6.10 Å². The van der Waals surface area contributed by atoms with Crippen molar-refractivity contribution in [1.29, 1.82) is 0 Å². The summed E-state index contributed by atoms with van der Waals surface area (Å²) >= 11 is 4.98. The van der Waals surface area contributed by atoms with Crippen LogP contribution in [0.15, 0.2) is 22.0 Å². The maximum Gasteiger partial charge on any atom is 0.116 e. The van der Waals surface area contributed by atoms with Gasteiger partial charge in [0.2, 0.25) is 0 Å². The van der Waals surface area contributed by atoms with E-state index in [0.29, 0.717) is 0 Å². The van der Waals surface area contributed by atoms with Crippen molar-refractivity contribution in [2.75, 3.05) is 0 Å². The van der Waals surface area contributed by atoms with Gasteiger partial charge in [0.1, 0.15) is 6.10 Å². The number of thiophene rings is 1. The monoisotopic (exact) mass is 312 g/mol. The molecule has 1 atom stereocenters. The lowest BCUT2D eigenvalue weighted by Gasteiger charge is -2.13. The van der Waals surface area contributed by atoms with Crippen LogP contribution < -0.4 is 0 Å². The molecule has 5 heteroatoms. The van der Waals surface area contributed by atoms with Crippen LogP contribution in [0.3, 0.4) is 0 Å². The van der Waals surface area contributed by atoms with E-state index in [2.05, 4.69) is 26.1 Å². The number of halogens is 1. The van der Waals surface area contributed by atoms with Gasteiger partial charge in [-0.15, -0.1) is 11.3 Å². The molecule has 2 aromatic rings. The Morgan fingerprint density at radius 1 is 1.47 bits per heavy atom. The zero-order valence-corrected chi connectivity index (χ0v) is 12.0. The third-order valence-corrected chi connectivity index (χ3v) is 4.47. The highest BCUT2D eigenvalue weighted by molar-refractivity contribution is 9.10. The molecule has 17 heavy (non-hydrogen) atoms. The Morgan fingerprint density at radius 2 is 2.24 bits per heavy atom. The third-order valence-electron chi connectivity index (χ3n) is 2.55. The number of aliphatic hydroxyl groups excluding tert-OH is 1. The summed E-state index contributed by atoms with van der Waals surface area (Å²) in [5.41, 5.74) is 2.52. The molecule has 2 rings (SSSR count). The van der Waals surface area contributed by atoms with E-state index in [1.165, 1.54) is 11.3 Å². The fourth-order valence-corrected chi connectivity index (χ4v) is 3.28. The summed E-state index contributed by atoms with van der Waals surface area (Å²) in [5.74, 6) is 0. The van der Waals surface area contributed by atoms with Crippen LogP contribution in [0.25, 0.3) is 0 Å². The number of aryl methyl sites for hydroxylation is 2. The minimum absolute atomic E-state index is 0.631. The molecule has 0 saturated carbocycles. The fraction of sp³-hybridized carbons (Fsp3) is 0.333. The van der Waals surface area contributed by atoms with Crippen molar-refractivity contribution >= 4 is 27.3 Å². The topological polar surface area (TPSA) is 46.0 Å². The van der Waals surface area contributed by atoms with E-state index in [-0.39, 0.29) is 0 Å². The average molecular weight is 313 g/mol. The van der Waals surface area contributed by atoms with Gasteiger partial charge in [0.15, 0.2) is 0 Å². The number of hydrogen-bond donors (Lipinski definition) is 1. The van der Waals surface area contributed by atoms with Gasteiger partial charge in [-0.2, -0.15) is 10.2 Å². The van der Waals surface area contributed by atoms with Crippen LogP contribution in [0.2, 0.25) is 0 Å². The summed E-state index contributed by atoms with van der Waals surface area (Å²) in [4.78, 5) is 0.909. The van der Waals surface area contributed by atoms with Crippen molar-refractivity contribution < 1.29 is 5.11 Å². The average Bonchev–Trinajstić information content (AvgIpc) is 2.74. The van der Waals surface area contributed by atoms with Crippen molar-refractivity contribution in [3.8, 4) is 0 Å². The molecule has 1 N–H and O–H groups in total. The molecule has 90 valence electrons. The fourth-order valence-electron chi connectivity index (χ4n) is 1.69. The standard InChI is InChI=1S/C12H13BrN2OS/c1-3-10-8(6-7(2)14-15-10)11(16)12-9(13)4-5-17-12/h4-6,11,16H,3H2,1-2H3. The zero-order valence-electron chi connectivity index (χ0n) is 9.64. The summed E-state index contributed by atoms with van der Waals surface area (Å²) in [7, 11) is 0. The van der Waals surface area contributed by atoms with Crippen molar-refractivity contribution in [2.45, 2.75) is 26.4 Å². The Kier molecular flexibility index (Phi) is 3.91. The minimum atomic E-state index is -0.631. The van der Waals surface area contributed by atoms with Crippen molar-refractivity contribution in [1.82, 2.24) is 10.2 Å². The molecule has 2 aromatic heterocycles. The highest BCUT2D eigenvalue weighted by atomic mass is 79.9. The van der Waals surface area contributed by atoms with Crippen LogP contribution in [0, 0.1) is 6.92 Å². The van der Waals surface area contributed by atoms with E-state index in [9.17, 15) is 5.11 Å². The highest BCUT2D eigenvalue weighted by Crippen LogP contribution is 2.34. The minimum Gasteiger partial charge on any atom is -0.383 e. The first-order chi connectivity index (χ1) is 8.13. The Bertz CT molecular complexity index is 527. The van der Waals surface area contributed by atoms with Gasteiger partial charge in [-0.1, -0.05) is 6.92 Å². The van der Waals surface area contributed by atoms with Gasteiger partial charge in [0.25, 0.3) is 0 Å². The van der Waals surface area contributed by atoms with Gasteiger partial charge in [-0.3, -0.25) is 0 Å². The predicted molar refractivity (Wildman–Crippen MR) is 72.2 cm³/mol. The molecule has 0 fully saturated rings. The van der Waals surface area contributed by atoms with Crippen LogP contribution in [0.4, 0.5) is 0 Å². The summed E-state index contributed by atoms with van der Waals surface area (Å²) in [6.07, 6.45) is 0.136. The lowest BCUT2D eigenvalue weighted by molar-refractivity contribution is 0.221. The van der Waals surface area contributed by atoms with E-state index in [0.717, 1.165) is 32.7 Å². The molecule has 0 bridgehead atoms. The first-order valence-electron chi connectivity index (χ1n) is 5.37. The second kappa shape index (κ2) is 5.25. The molecule has 0 aliphatic heterocycles. The number of hydrogen-bond acceptors (Lipinski definition) is 4. The molecule has 0 amide bonds. The Balaban J connectivity index is 2.46. The van der Waals surface area contributed by atoms with Crippen molar-refractivity contribution in [3.05, 3.63) is 43.8 Å². The molecule has 3 nitrogen and oxygen atoms in total. The van der Waals surface area contributed by atoms with Crippen molar-refractivity contribution in [2.24, 2.45) is 0 Å². The highest BCUT2D eigenvalue weighted by Gasteiger charge is 2.19. The number of rotatable bonds is 3. The molecular weight excluding hydrogens is 300 g/mol.